The number of nitrogens with one attached hydrogen (secondary N) is 2. The Bertz CT molecular complexity index is 304. The summed E-state index contributed by atoms with van der Waals surface area (Å²) in [6.07, 6.45) is 6.92. The number of aromatic nitrogens is 4. The molecule has 0 radical (unpaired) electrons. The molecule has 2 heterocycles. The van der Waals surface area contributed by atoms with Crippen molar-refractivity contribution in [1.29, 1.82) is 0 Å². The summed E-state index contributed by atoms with van der Waals surface area (Å²) in [5, 5.41) is 12.4. The first-order valence-corrected chi connectivity index (χ1v) is 4.87. The minimum atomic E-state index is 1.69. The lowest BCUT2D eigenvalue weighted by Gasteiger charge is -1.69. The lowest BCUT2D eigenvalue weighted by Crippen LogP contribution is -1.53. The third-order valence-electron chi connectivity index (χ3n) is 1.48. The average Bonchev–Trinajstić information content (AvgIpc) is 3.10. The van der Waals surface area contributed by atoms with Gasteiger partial charge in [0.1, 0.15) is 0 Å². The third-order valence-corrected chi connectivity index (χ3v) is 1.48. The zero-order valence-corrected chi connectivity index (χ0v) is 8.82. The van der Waals surface area contributed by atoms with Crippen LogP contribution in [0.15, 0.2) is 73.3 Å². The highest BCUT2D eigenvalue weighted by Gasteiger charge is 1.58. The van der Waals surface area contributed by atoms with Gasteiger partial charge in [-0.3, -0.25) is 10.2 Å². The summed E-state index contributed by atoms with van der Waals surface area (Å²) in [5.41, 5.74) is 0. The van der Waals surface area contributed by atoms with E-state index in [2.05, 4.69) is 20.4 Å². The Balaban J connectivity index is 0.000000121. The fourth-order valence-corrected chi connectivity index (χ4v) is 0.815. The molecule has 1 aromatic carbocycles. The Morgan fingerprint density at radius 2 is 0.875 bits per heavy atom. The SMILES string of the molecule is c1ccccc1.c1cn[nH]c1.c1cn[nH]c1. The predicted octanol–water partition coefficient (Wildman–Crippen LogP) is 2.51. The van der Waals surface area contributed by atoms with E-state index in [-0.39, 0.29) is 0 Å². The smallest absolute Gasteiger partial charge is 0.0487 e. The van der Waals surface area contributed by atoms with Crippen molar-refractivity contribution < 1.29 is 0 Å². The Morgan fingerprint density at radius 1 is 0.500 bits per heavy atom. The molecule has 0 saturated carbocycles. The minimum absolute atomic E-state index is 1.69. The van der Waals surface area contributed by atoms with Crippen molar-refractivity contribution in [2.45, 2.75) is 0 Å². The van der Waals surface area contributed by atoms with E-state index in [4.69, 9.17) is 0 Å². The van der Waals surface area contributed by atoms with Crippen molar-refractivity contribution in [2.24, 2.45) is 0 Å². The van der Waals surface area contributed by atoms with Crippen LogP contribution in [0, 0.1) is 0 Å². The second-order valence-electron chi connectivity index (χ2n) is 2.69. The van der Waals surface area contributed by atoms with Gasteiger partial charge in [-0.25, -0.2) is 0 Å². The first-order chi connectivity index (χ1) is 8.00. The van der Waals surface area contributed by atoms with Crippen LogP contribution in [-0.2, 0) is 0 Å². The molecule has 3 aromatic rings. The zero-order valence-electron chi connectivity index (χ0n) is 8.82. The van der Waals surface area contributed by atoms with Gasteiger partial charge in [-0.05, 0) is 12.1 Å². The van der Waals surface area contributed by atoms with Crippen LogP contribution < -0.4 is 0 Å². The van der Waals surface area contributed by atoms with Crippen molar-refractivity contribution in [3.8, 4) is 0 Å². The van der Waals surface area contributed by atoms with Gasteiger partial charge < -0.3 is 0 Å². The Morgan fingerprint density at radius 3 is 1.00 bits per heavy atom. The topological polar surface area (TPSA) is 57.4 Å². The number of nitrogens with zero attached hydrogens (tertiary/aromatic N) is 2. The molecule has 2 N–H and O–H groups in total. The first-order valence-electron chi connectivity index (χ1n) is 4.87. The Hall–Kier alpha value is -2.36. The fraction of sp³-hybridized carbons (Fsp3) is 0. The van der Waals surface area contributed by atoms with Gasteiger partial charge >= 0.3 is 0 Å². The van der Waals surface area contributed by atoms with Crippen LogP contribution in [0.3, 0.4) is 0 Å². The summed E-state index contributed by atoms with van der Waals surface area (Å²) in [4.78, 5) is 0. The second-order valence-corrected chi connectivity index (χ2v) is 2.69. The Kier molecular flexibility index (Phi) is 6.74. The monoisotopic (exact) mass is 214 g/mol. The number of rotatable bonds is 0. The van der Waals surface area contributed by atoms with Crippen LogP contribution in [0.25, 0.3) is 0 Å². The number of H-pyrrole nitrogens is 2. The maximum absolute atomic E-state index is 3.60. The highest BCUT2D eigenvalue weighted by atomic mass is 15.1. The van der Waals surface area contributed by atoms with Crippen molar-refractivity contribution in [1.82, 2.24) is 20.4 Å². The normalized spacial score (nSPS) is 8.00. The first kappa shape index (κ1) is 11.7. The van der Waals surface area contributed by atoms with Gasteiger partial charge in [0.15, 0.2) is 0 Å². The molecule has 0 saturated heterocycles. The second kappa shape index (κ2) is 9.21. The molecule has 0 unspecified atom stereocenters. The van der Waals surface area contributed by atoms with Crippen LogP contribution in [0.1, 0.15) is 0 Å². The molecule has 0 fully saturated rings. The summed E-state index contributed by atoms with van der Waals surface area (Å²) in [6, 6.07) is 15.7. The molecular weight excluding hydrogens is 200 g/mol. The summed E-state index contributed by atoms with van der Waals surface area (Å²) in [7, 11) is 0. The summed E-state index contributed by atoms with van der Waals surface area (Å²) in [6.45, 7) is 0. The number of hydrogen-bond acceptors (Lipinski definition) is 2. The highest BCUT2D eigenvalue weighted by Crippen LogP contribution is 1.79. The van der Waals surface area contributed by atoms with Crippen molar-refractivity contribution in [3.63, 3.8) is 0 Å². The third kappa shape index (κ3) is 7.08. The molecule has 0 aliphatic rings. The largest absolute Gasteiger partial charge is 0.286 e. The molecule has 0 atom stereocenters. The number of aromatic amines is 2. The standard InChI is InChI=1S/C6H6.2C3H4N2/c1-2-4-6-5-3-1;2*1-2-4-5-3-1/h1-6H;2*1-3H,(H,4,5). The maximum atomic E-state index is 3.60. The molecule has 0 aliphatic carbocycles. The molecule has 16 heavy (non-hydrogen) atoms. The van der Waals surface area contributed by atoms with E-state index >= 15 is 0 Å². The fourth-order valence-electron chi connectivity index (χ4n) is 0.815. The van der Waals surface area contributed by atoms with E-state index in [1.807, 2.05) is 48.5 Å². The van der Waals surface area contributed by atoms with E-state index in [1.54, 1.807) is 24.8 Å². The van der Waals surface area contributed by atoms with E-state index in [1.165, 1.54) is 0 Å². The number of hydrogen-bond donors (Lipinski definition) is 2. The van der Waals surface area contributed by atoms with E-state index in [0.29, 0.717) is 0 Å². The predicted molar refractivity (Wildman–Crippen MR) is 63.6 cm³/mol. The highest BCUT2D eigenvalue weighted by molar-refractivity contribution is 4.99. The molecule has 2 aromatic heterocycles. The Labute approximate surface area is 94.4 Å². The van der Waals surface area contributed by atoms with E-state index in [9.17, 15) is 0 Å². The van der Waals surface area contributed by atoms with Crippen LogP contribution in [0.5, 0.6) is 0 Å². The lowest BCUT2D eigenvalue weighted by molar-refractivity contribution is 1.09. The van der Waals surface area contributed by atoms with Gasteiger partial charge in [0.05, 0.1) is 0 Å². The van der Waals surface area contributed by atoms with E-state index in [0.717, 1.165) is 0 Å². The molecule has 0 aliphatic heterocycles. The molecule has 3 rings (SSSR count). The minimum Gasteiger partial charge on any atom is -0.286 e. The summed E-state index contributed by atoms with van der Waals surface area (Å²) in [5.74, 6) is 0. The zero-order chi connectivity index (χ0) is 11.3. The van der Waals surface area contributed by atoms with Gasteiger partial charge in [-0.2, -0.15) is 10.2 Å². The van der Waals surface area contributed by atoms with Crippen LogP contribution in [0.4, 0.5) is 0 Å². The molecule has 0 spiro atoms. The van der Waals surface area contributed by atoms with Gasteiger partial charge in [0.2, 0.25) is 0 Å². The van der Waals surface area contributed by atoms with E-state index < -0.39 is 0 Å². The molecule has 4 heteroatoms. The lowest BCUT2D eigenvalue weighted by atomic mass is 10.4. The van der Waals surface area contributed by atoms with Crippen molar-refractivity contribution in [2.75, 3.05) is 0 Å². The van der Waals surface area contributed by atoms with Gasteiger partial charge in [0, 0.05) is 24.8 Å². The van der Waals surface area contributed by atoms with Gasteiger partial charge in [-0.15, -0.1) is 0 Å². The average molecular weight is 214 g/mol. The van der Waals surface area contributed by atoms with Crippen molar-refractivity contribution in [3.05, 3.63) is 73.3 Å². The van der Waals surface area contributed by atoms with Crippen LogP contribution in [-0.4, -0.2) is 20.4 Å². The van der Waals surface area contributed by atoms with Crippen LogP contribution >= 0.6 is 0 Å². The summed E-state index contributed by atoms with van der Waals surface area (Å²) >= 11 is 0. The summed E-state index contributed by atoms with van der Waals surface area (Å²) < 4.78 is 0. The van der Waals surface area contributed by atoms with Gasteiger partial charge in [0.25, 0.3) is 0 Å². The molecular formula is C12H14N4. The quantitative estimate of drug-likeness (QED) is 0.604. The molecule has 0 amide bonds. The van der Waals surface area contributed by atoms with Crippen molar-refractivity contribution >= 4 is 0 Å². The molecule has 4 nitrogen and oxygen atoms in total. The maximum Gasteiger partial charge on any atom is 0.0487 e. The number of benzene rings is 1. The molecule has 82 valence electrons. The van der Waals surface area contributed by atoms with Crippen LogP contribution in [0.2, 0.25) is 0 Å². The van der Waals surface area contributed by atoms with Gasteiger partial charge in [-0.1, -0.05) is 36.4 Å². The molecule has 0 bridgehead atoms.